The van der Waals surface area contributed by atoms with Crippen LogP contribution in [0, 0.1) is 0 Å². The van der Waals surface area contributed by atoms with Crippen LogP contribution in [-0.2, 0) is 17.9 Å². The summed E-state index contributed by atoms with van der Waals surface area (Å²) in [5.74, 6) is 0.200. The molecule has 0 atom stereocenters. The van der Waals surface area contributed by atoms with Gasteiger partial charge < -0.3 is 15.5 Å². The molecule has 1 aromatic carbocycles. The van der Waals surface area contributed by atoms with Crippen molar-refractivity contribution in [2.45, 2.75) is 25.9 Å². The van der Waals surface area contributed by atoms with E-state index in [9.17, 15) is 9.59 Å². The number of carbonyl (C=O) groups is 2. The van der Waals surface area contributed by atoms with Crippen molar-refractivity contribution < 1.29 is 9.59 Å². The molecule has 0 bridgehead atoms. The Labute approximate surface area is 138 Å². The summed E-state index contributed by atoms with van der Waals surface area (Å²) < 4.78 is 3.99. The highest BCUT2D eigenvalue weighted by molar-refractivity contribution is 7.05. The first kappa shape index (κ1) is 15.5. The van der Waals surface area contributed by atoms with Crippen molar-refractivity contribution in [3.05, 3.63) is 47.0 Å². The highest BCUT2D eigenvalue weighted by Crippen LogP contribution is 2.17. The number of aromatic nitrogens is 1. The maximum Gasteiger partial charge on any atom is 0.319 e. The summed E-state index contributed by atoms with van der Waals surface area (Å²) in [5, 5.41) is 5.60. The molecule has 1 aliphatic rings. The van der Waals surface area contributed by atoms with E-state index in [4.69, 9.17) is 0 Å². The SMILES string of the molecule is O=C(NCc1ccns1)Nc1cccc(CN2CCCC2=O)c1. The van der Waals surface area contributed by atoms with Gasteiger partial charge >= 0.3 is 6.03 Å². The van der Waals surface area contributed by atoms with Gasteiger partial charge in [0.25, 0.3) is 0 Å². The monoisotopic (exact) mass is 330 g/mol. The van der Waals surface area contributed by atoms with Crippen molar-refractivity contribution >= 4 is 29.2 Å². The van der Waals surface area contributed by atoms with Gasteiger partial charge in [0.05, 0.1) is 6.54 Å². The standard InChI is InChI=1S/C16H18N4O2S/c21-15-5-2-8-20(15)11-12-3-1-4-13(9-12)19-16(22)17-10-14-6-7-18-23-14/h1,3-4,6-7,9H,2,5,8,10-11H2,(H2,17,19,22). The second kappa shape index (κ2) is 7.23. The van der Waals surface area contributed by atoms with E-state index in [0.717, 1.165) is 29.1 Å². The summed E-state index contributed by atoms with van der Waals surface area (Å²) in [6.07, 6.45) is 3.28. The van der Waals surface area contributed by atoms with Crippen molar-refractivity contribution in [3.63, 3.8) is 0 Å². The van der Waals surface area contributed by atoms with Crippen molar-refractivity contribution in [2.75, 3.05) is 11.9 Å². The fourth-order valence-electron chi connectivity index (χ4n) is 2.52. The molecule has 0 saturated carbocycles. The molecule has 1 aliphatic heterocycles. The topological polar surface area (TPSA) is 74.3 Å². The van der Waals surface area contributed by atoms with Crippen molar-refractivity contribution in [2.24, 2.45) is 0 Å². The Hall–Kier alpha value is -2.41. The lowest BCUT2D eigenvalue weighted by Crippen LogP contribution is -2.28. The molecule has 1 fully saturated rings. The molecule has 2 N–H and O–H groups in total. The molecule has 120 valence electrons. The van der Waals surface area contributed by atoms with Crippen LogP contribution >= 0.6 is 11.5 Å². The third-order valence-corrected chi connectivity index (χ3v) is 4.39. The number of urea groups is 1. The summed E-state index contributed by atoms with van der Waals surface area (Å²) in [7, 11) is 0. The van der Waals surface area contributed by atoms with E-state index in [1.54, 1.807) is 6.20 Å². The zero-order valence-corrected chi connectivity index (χ0v) is 13.4. The lowest BCUT2D eigenvalue weighted by Gasteiger charge is -2.16. The average molecular weight is 330 g/mol. The molecule has 7 heteroatoms. The number of hydrogen-bond acceptors (Lipinski definition) is 4. The number of hydrogen-bond donors (Lipinski definition) is 2. The van der Waals surface area contributed by atoms with E-state index < -0.39 is 0 Å². The van der Waals surface area contributed by atoms with Gasteiger partial charge in [0.2, 0.25) is 5.91 Å². The van der Waals surface area contributed by atoms with Crippen LogP contribution in [0.4, 0.5) is 10.5 Å². The van der Waals surface area contributed by atoms with Crippen LogP contribution in [0.25, 0.3) is 0 Å². The number of anilines is 1. The number of amides is 3. The number of nitrogens with zero attached hydrogens (tertiary/aromatic N) is 2. The summed E-state index contributed by atoms with van der Waals surface area (Å²) in [6, 6.07) is 9.20. The molecule has 23 heavy (non-hydrogen) atoms. The normalized spacial score (nSPS) is 14.1. The molecule has 1 aromatic heterocycles. The van der Waals surface area contributed by atoms with Gasteiger partial charge in [-0.15, -0.1) is 0 Å². The molecule has 2 aromatic rings. The second-order valence-electron chi connectivity index (χ2n) is 5.41. The predicted molar refractivity (Wildman–Crippen MR) is 89.1 cm³/mol. The maximum atomic E-state index is 11.9. The lowest BCUT2D eigenvalue weighted by molar-refractivity contribution is -0.128. The minimum Gasteiger partial charge on any atom is -0.338 e. The number of carbonyl (C=O) groups excluding carboxylic acids is 2. The van der Waals surface area contributed by atoms with Crippen LogP contribution in [0.5, 0.6) is 0 Å². The van der Waals surface area contributed by atoms with E-state index >= 15 is 0 Å². The average Bonchev–Trinajstić information content (AvgIpc) is 3.18. The molecule has 2 heterocycles. The van der Waals surface area contributed by atoms with Gasteiger partial charge in [0.15, 0.2) is 0 Å². The summed E-state index contributed by atoms with van der Waals surface area (Å²) in [6.45, 7) is 1.86. The molecule has 3 amide bonds. The first-order valence-electron chi connectivity index (χ1n) is 7.52. The van der Waals surface area contributed by atoms with Crippen LogP contribution in [0.1, 0.15) is 23.3 Å². The Morgan fingerprint density at radius 2 is 2.26 bits per heavy atom. The summed E-state index contributed by atoms with van der Waals surface area (Å²) >= 11 is 1.36. The lowest BCUT2D eigenvalue weighted by atomic mass is 10.2. The quantitative estimate of drug-likeness (QED) is 0.885. The summed E-state index contributed by atoms with van der Waals surface area (Å²) in [5.41, 5.74) is 1.73. The summed E-state index contributed by atoms with van der Waals surface area (Å²) in [4.78, 5) is 26.4. The van der Waals surface area contributed by atoms with E-state index in [1.165, 1.54) is 11.5 Å². The van der Waals surface area contributed by atoms with Crippen molar-refractivity contribution in [3.8, 4) is 0 Å². The molecular weight excluding hydrogens is 312 g/mol. The molecule has 0 radical (unpaired) electrons. The largest absolute Gasteiger partial charge is 0.338 e. The third kappa shape index (κ3) is 4.29. The fourth-order valence-corrected chi connectivity index (χ4v) is 3.03. The van der Waals surface area contributed by atoms with Crippen LogP contribution in [0.2, 0.25) is 0 Å². The molecular formula is C16H18N4O2S. The molecule has 1 saturated heterocycles. The molecule has 0 unspecified atom stereocenters. The van der Waals surface area contributed by atoms with Crippen molar-refractivity contribution in [1.82, 2.24) is 14.6 Å². The van der Waals surface area contributed by atoms with Gasteiger partial charge in [-0.2, -0.15) is 0 Å². The smallest absolute Gasteiger partial charge is 0.319 e. The Morgan fingerprint density at radius 3 is 3.00 bits per heavy atom. The van der Waals surface area contributed by atoms with E-state index in [0.29, 0.717) is 19.5 Å². The van der Waals surface area contributed by atoms with Crippen LogP contribution in [0.3, 0.4) is 0 Å². The second-order valence-corrected chi connectivity index (χ2v) is 6.32. The number of rotatable bonds is 5. The van der Waals surface area contributed by atoms with Crippen LogP contribution < -0.4 is 10.6 Å². The van der Waals surface area contributed by atoms with Gasteiger partial charge in [-0.25, -0.2) is 9.17 Å². The van der Waals surface area contributed by atoms with Gasteiger partial charge in [-0.1, -0.05) is 12.1 Å². The van der Waals surface area contributed by atoms with E-state index in [1.807, 2.05) is 35.2 Å². The molecule has 6 nitrogen and oxygen atoms in total. The highest BCUT2D eigenvalue weighted by Gasteiger charge is 2.19. The predicted octanol–water partition coefficient (Wildman–Crippen LogP) is 2.59. The molecule has 0 spiro atoms. The first-order chi connectivity index (χ1) is 11.2. The van der Waals surface area contributed by atoms with E-state index in [-0.39, 0.29) is 11.9 Å². The van der Waals surface area contributed by atoms with E-state index in [2.05, 4.69) is 15.0 Å². The van der Waals surface area contributed by atoms with Crippen LogP contribution in [-0.4, -0.2) is 27.8 Å². The highest BCUT2D eigenvalue weighted by atomic mass is 32.1. The zero-order chi connectivity index (χ0) is 16.1. The number of nitrogens with one attached hydrogen (secondary N) is 2. The minimum absolute atomic E-state index is 0.200. The fraction of sp³-hybridized carbons (Fsp3) is 0.312. The van der Waals surface area contributed by atoms with Gasteiger partial charge in [0, 0.05) is 36.3 Å². The van der Waals surface area contributed by atoms with Crippen LogP contribution in [0.15, 0.2) is 36.5 Å². The third-order valence-electron chi connectivity index (χ3n) is 3.64. The molecule has 3 rings (SSSR count). The van der Waals surface area contributed by atoms with Gasteiger partial charge in [-0.3, -0.25) is 4.79 Å². The maximum absolute atomic E-state index is 11.9. The minimum atomic E-state index is -0.257. The Morgan fingerprint density at radius 1 is 1.35 bits per heavy atom. The Kier molecular flexibility index (Phi) is 4.87. The van der Waals surface area contributed by atoms with Gasteiger partial charge in [0.1, 0.15) is 0 Å². The first-order valence-corrected chi connectivity index (χ1v) is 8.29. The Bertz CT molecular complexity index is 687. The zero-order valence-electron chi connectivity index (χ0n) is 12.6. The number of benzene rings is 1. The van der Waals surface area contributed by atoms with Crippen molar-refractivity contribution in [1.29, 1.82) is 0 Å². The van der Waals surface area contributed by atoms with Gasteiger partial charge in [-0.05, 0) is 41.7 Å². The Balaban J connectivity index is 1.54. The number of likely N-dealkylation sites (tertiary alicyclic amines) is 1. The molecule has 0 aliphatic carbocycles.